The van der Waals surface area contributed by atoms with Crippen molar-refractivity contribution in [1.29, 1.82) is 0 Å². The van der Waals surface area contributed by atoms with E-state index in [1.54, 1.807) is 11.8 Å². The third-order valence-electron chi connectivity index (χ3n) is 2.55. The lowest BCUT2D eigenvalue weighted by Crippen LogP contribution is -2.09. The summed E-state index contributed by atoms with van der Waals surface area (Å²) in [5.74, 6) is 0.751. The SMILES string of the molecule is CCCCC(O)CSc1ccc(CN)cc1Br. The summed E-state index contributed by atoms with van der Waals surface area (Å²) < 4.78 is 1.06. The van der Waals surface area contributed by atoms with Crippen molar-refractivity contribution in [3.63, 3.8) is 0 Å². The lowest BCUT2D eigenvalue weighted by Gasteiger charge is -2.11. The van der Waals surface area contributed by atoms with Gasteiger partial charge in [-0.15, -0.1) is 11.8 Å². The van der Waals surface area contributed by atoms with Gasteiger partial charge in [-0.1, -0.05) is 25.8 Å². The van der Waals surface area contributed by atoms with Crippen molar-refractivity contribution < 1.29 is 5.11 Å². The Labute approximate surface area is 116 Å². The molecule has 0 heterocycles. The molecule has 0 aliphatic rings. The maximum absolute atomic E-state index is 9.78. The molecule has 3 N–H and O–H groups in total. The zero-order chi connectivity index (χ0) is 12.7. The lowest BCUT2D eigenvalue weighted by molar-refractivity contribution is 0.186. The van der Waals surface area contributed by atoms with Crippen LogP contribution in [0.25, 0.3) is 0 Å². The van der Waals surface area contributed by atoms with Crippen molar-refractivity contribution in [1.82, 2.24) is 0 Å². The molecule has 1 aromatic rings. The Morgan fingerprint density at radius 1 is 1.47 bits per heavy atom. The van der Waals surface area contributed by atoms with Gasteiger partial charge in [0, 0.05) is 21.7 Å². The molecule has 0 saturated carbocycles. The summed E-state index contributed by atoms with van der Waals surface area (Å²) in [6.45, 7) is 2.70. The number of hydrogen-bond acceptors (Lipinski definition) is 3. The highest BCUT2D eigenvalue weighted by Gasteiger charge is 2.07. The molecule has 0 saturated heterocycles. The van der Waals surface area contributed by atoms with Gasteiger partial charge in [-0.25, -0.2) is 0 Å². The highest BCUT2D eigenvalue weighted by atomic mass is 79.9. The molecule has 1 atom stereocenters. The third kappa shape index (κ3) is 5.42. The van der Waals surface area contributed by atoms with Gasteiger partial charge in [0.2, 0.25) is 0 Å². The number of nitrogens with two attached hydrogens (primary N) is 1. The average Bonchev–Trinajstić information content (AvgIpc) is 2.34. The van der Waals surface area contributed by atoms with Gasteiger partial charge in [0.15, 0.2) is 0 Å². The van der Waals surface area contributed by atoms with Crippen LogP contribution < -0.4 is 5.73 Å². The van der Waals surface area contributed by atoms with E-state index in [1.165, 1.54) is 0 Å². The van der Waals surface area contributed by atoms with Crippen molar-refractivity contribution in [2.24, 2.45) is 5.73 Å². The number of thioether (sulfide) groups is 1. The first kappa shape index (κ1) is 15.0. The van der Waals surface area contributed by atoms with E-state index in [0.29, 0.717) is 6.54 Å². The molecule has 0 amide bonds. The summed E-state index contributed by atoms with van der Waals surface area (Å²) >= 11 is 5.22. The van der Waals surface area contributed by atoms with Crippen LogP contribution in [0, 0.1) is 0 Å². The van der Waals surface area contributed by atoms with E-state index in [9.17, 15) is 5.11 Å². The summed E-state index contributed by atoms with van der Waals surface area (Å²) in [7, 11) is 0. The number of halogens is 1. The molecule has 2 nitrogen and oxygen atoms in total. The highest BCUT2D eigenvalue weighted by molar-refractivity contribution is 9.10. The summed E-state index contributed by atoms with van der Waals surface area (Å²) in [6, 6.07) is 6.13. The Balaban J connectivity index is 2.46. The Kier molecular flexibility index (Phi) is 7.19. The summed E-state index contributed by atoms with van der Waals surface area (Å²) in [4.78, 5) is 1.16. The zero-order valence-electron chi connectivity index (χ0n) is 10.2. The monoisotopic (exact) mass is 317 g/mol. The average molecular weight is 318 g/mol. The van der Waals surface area contributed by atoms with Crippen LogP contribution in [0.2, 0.25) is 0 Å². The predicted octanol–water partition coefficient (Wildman–Crippen LogP) is 3.55. The van der Waals surface area contributed by atoms with Crippen molar-refractivity contribution in [2.45, 2.75) is 43.7 Å². The molecule has 0 aliphatic carbocycles. The molecular weight excluding hydrogens is 298 g/mol. The first-order valence-corrected chi connectivity index (χ1v) is 7.74. The van der Waals surface area contributed by atoms with Crippen molar-refractivity contribution in [2.75, 3.05) is 5.75 Å². The fourth-order valence-corrected chi connectivity index (χ4v) is 3.17. The Hall–Kier alpha value is -0.0300. The van der Waals surface area contributed by atoms with Crippen molar-refractivity contribution in [3.05, 3.63) is 28.2 Å². The molecule has 4 heteroatoms. The summed E-state index contributed by atoms with van der Waals surface area (Å²) in [5.41, 5.74) is 6.70. The summed E-state index contributed by atoms with van der Waals surface area (Å²) in [5, 5.41) is 9.78. The number of hydrogen-bond donors (Lipinski definition) is 2. The molecule has 0 aromatic heterocycles. The number of rotatable bonds is 7. The minimum atomic E-state index is -0.207. The quantitative estimate of drug-likeness (QED) is 0.756. The molecule has 0 spiro atoms. The second-order valence-electron chi connectivity index (χ2n) is 4.08. The molecule has 0 aliphatic heterocycles. The smallest absolute Gasteiger partial charge is 0.0634 e. The fraction of sp³-hybridized carbons (Fsp3) is 0.538. The maximum atomic E-state index is 9.78. The van der Waals surface area contributed by atoms with Gasteiger partial charge >= 0.3 is 0 Å². The zero-order valence-corrected chi connectivity index (χ0v) is 12.6. The minimum absolute atomic E-state index is 0.207. The Bertz CT molecular complexity index is 346. The molecule has 0 radical (unpaired) electrons. The van der Waals surface area contributed by atoms with Crippen molar-refractivity contribution in [3.8, 4) is 0 Å². The normalized spacial score (nSPS) is 12.7. The van der Waals surface area contributed by atoms with Gasteiger partial charge in [0.1, 0.15) is 0 Å². The molecular formula is C13H20BrNOS. The predicted molar refractivity (Wildman–Crippen MR) is 78.3 cm³/mol. The standard InChI is InChI=1S/C13H20BrNOS/c1-2-3-4-11(16)9-17-13-6-5-10(8-15)7-12(13)14/h5-7,11,16H,2-4,8-9,15H2,1H3. The first-order valence-electron chi connectivity index (χ1n) is 5.96. The molecule has 1 aromatic carbocycles. The van der Waals surface area contributed by atoms with Crippen LogP contribution in [-0.4, -0.2) is 17.0 Å². The van der Waals surface area contributed by atoms with E-state index in [1.807, 2.05) is 12.1 Å². The van der Waals surface area contributed by atoms with Crippen molar-refractivity contribution >= 4 is 27.7 Å². The number of aliphatic hydroxyl groups is 1. The van der Waals surface area contributed by atoms with Crippen LogP contribution in [0.3, 0.4) is 0 Å². The van der Waals surface area contributed by atoms with E-state index in [-0.39, 0.29) is 6.10 Å². The van der Waals surface area contributed by atoms with Gasteiger partial charge in [-0.05, 0) is 40.0 Å². The van der Waals surface area contributed by atoms with Gasteiger partial charge in [0.25, 0.3) is 0 Å². The van der Waals surface area contributed by atoms with E-state index in [0.717, 1.165) is 39.9 Å². The van der Waals surface area contributed by atoms with E-state index in [4.69, 9.17) is 5.73 Å². The topological polar surface area (TPSA) is 46.2 Å². The largest absolute Gasteiger partial charge is 0.392 e. The molecule has 1 rings (SSSR count). The van der Waals surface area contributed by atoms with Gasteiger partial charge in [-0.2, -0.15) is 0 Å². The van der Waals surface area contributed by atoms with Gasteiger partial charge < -0.3 is 10.8 Å². The van der Waals surface area contributed by atoms with Crippen LogP contribution in [0.4, 0.5) is 0 Å². The maximum Gasteiger partial charge on any atom is 0.0634 e. The van der Waals surface area contributed by atoms with Crippen LogP contribution in [0.5, 0.6) is 0 Å². The van der Waals surface area contributed by atoms with Gasteiger partial charge in [0.05, 0.1) is 6.10 Å². The van der Waals surface area contributed by atoms with Crippen LogP contribution in [0.15, 0.2) is 27.6 Å². The third-order valence-corrected chi connectivity index (χ3v) is 4.69. The Morgan fingerprint density at radius 3 is 2.82 bits per heavy atom. The lowest BCUT2D eigenvalue weighted by atomic mass is 10.2. The molecule has 17 heavy (non-hydrogen) atoms. The fourth-order valence-electron chi connectivity index (χ4n) is 1.50. The van der Waals surface area contributed by atoms with Gasteiger partial charge in [-0.3, -0.25) is 0 Å². The minimum Gasteiger partial charge on any atom is -0.392 e. The molecule has 0 bridgehead atoms. The molecule has 1 unspecified atom stereocenters. The second kappa shape index (κ2) is 8.14. The van der Waals surface area contributed by atoms with E-state index in [2.05, 4.69) is 28.9 Å². The molecule has 96 valence electrons. The number of benzene rings is 1. The first-order chi connectivity index (χ1) is 8.17. The molecule has 0 fully saturated rings. The summed E-state index contributed by atoms with van der Waals surface area (Å²) in [6.07, 6.45) is 2.91. The van der Waals surface area contributed by atoms with Crippen LogP contribution in [0.1, 0.15) is 31.7 Å². The van der Waals surface area contributed by atoms with Crippen LogP contribution in [-0.2, 0) is 6.54 Å². The Morgan fingerprint density at radius 2 is 2.24 bits per heavy atom. The van der Waals surface area contributed by atoms with E-state index >= 15 is 0 Å². The highest BCUT2D eigenvalue weighted by Crippen LogP contribution is 2.29. The van der Waals surface area contributed by atoms with Crippen LogP contribution >= 0.6 is 27.7 Å². The number of unbranched alkanes of at least 4 members (excludes halogenated alkanes) is 1. The number of aliphatic hydroxyl groups excluding tert-OH is 1. The van der Waals surface area contributed by atoms with E-state index < -0.39 is 0 Å². The second-order valence-corrected chi connectivity index (χ2v) is 5.99.